The van der Waals surface area contributed by atoms with Crippen molar-refractivity contribution in [3.8, 4) is 0 Å². The molecule has 96 valence electrons. The molecule has 0 spiro atoms. The summed E-state index contributed by atoms with van der Waals surface area (Å²) in [5.41, 5.74) is 0.968. The SMILES string of the molecule is CCNC(CC)CCCn1cccc(C)c1=O. The van der Waals surface area contributed by atoms with Crippen LogP contribution in [0.2, 0.25) is 0 Å². The maximum atomic E-state index is 11.8. The maximum Gasteiger partial charge on any atom is 0.253 e. The smallest absolute Gasteiger partial charge is 0.253 e. The van der Waals surface area contributed by atoms with Crippen LogP contribution in [0.15, 0.2) is 23.1 Å². The number of pyridine rings is 1. The Bertz CT molecular complexity index is 384. The van der Waals surface area contributed by atoms with Crippen molar-refractivity contribution >= 4 is 0 Å². The minimum atomic E-state index is 0.143. The summed E-state index contributed by atoms with van der Waals surface area (Å²) in [6.45, 7) is 8.04. The lowest BCUT2D eigenvalue weighted by Gasteiger charge is -2.15. The van der Waals surface area contributed by atoms with Crippen LogP contribution < -0.4 is 10.9 Å². The molecular formula is C14H24N2O. The lowest BCUT2D eigenvalue weighted by Crippen LogP contribution is -2.29. The average Bonchev–Trinajstić information content (AvgIpc) is 2.33. The van der Waals surface area contributed by atoms with Crippen molar-refractivity contribution in [1.82, 2.24) is 9.88 Å². The molecule has 0 radical (unpaired) electrons. The fraction of sp³-hybridized carbons (Fsp3) is 0.643. The number of hydrogen-bond donors (Lipinski definition) is 1. The van der Waals surface area contributed by atoms with Crippen LogP contribution >= 0.6 is 0 Å². The van der Waals surface area contributed by atoms with Gasteiger partial charge in [0.1, 0.15) is 0 Å². The van der Waals surface area contributed by atoms with Crippen molar-refractivity contribution in [3.63, 3.8) is 0 Å². The number of rotatable bonds is 7. The van der Waals surface area contributed by atoms with Gasteiger partial charge in [-0.1, -0.05) is 19.9 Å². The first-order valence-electron chi connectivity index (χ1n) is 6.58. The topological polar surface area (TPSA) is 34.0 Å². The summed E-state index contributed by atoms with van der Waals surface area (Å²) < 4.78 is 1.81. The summed E-state index contributed by atoms with van der Waals surface area (Å²) in [7, 11) is 0. The number of aryl methyl sites for hydroxylation is 2. The van der Waals surface area contributed by atoms with Gasteiger partial charge < -0.3 is 9.88 Å². The highest BCUT2D eigenvalue weighted by Crippen LogP contribution is 2.03. The van der Waals surface area contributed by atoms with Crippen LogP contribution in [0.5, 0.6) is 0 Å². The third-order valence-corrected chi connectivity index (χ3v) is 3.15. The third kappa shape index (κ3) is 4.35. The number of nitrogens with one attached hydrogen (secondary N) is 1. The second kappa shape index (κ2) is 7.28. The van der Waals surface area contributed by atoms with E-state index in [2.05, 4.69) is 19.2 Å². The van der Waals surface area contributed by atoms with E-state index >= 15 is 0 Å². The monoisotopic (exact) mass is 236 g/mol. The molecule has 0 aliphatic heterocycles. The molecule has 1 aromatic rings. The Balaban J connectivity index is 2.45. The summed E-state index contributed by atoms with van der Waals surface area (Å²) in [6.07, 6.45) is 5.21. The molecule has 0 fully saturated rings. The Kier molecular flexibility index (Phi) is 5.98. The summed E-state index contributed by atoms with van der Waals surface area (Å²) in [6, 6.07) is 4.39. The zero-order valence-electron chi connectivity index (χ0n) is 11.2. The lowest BCUT2D eigenvalue weighted by molar-refractivity contribution is 0.446. The van der Waals surface area contributed by atoms with Crippen molar-refractivity contribution in [2.24, 2.45) is 0 Å². The molecule has 0 aromatic carbocycles. The van der Waals surface area contributed by atoms with Crippen molar-refractivity contribution in [2.45, 2.75) is 52.6 Å². The Hall–Kier alpha value is -1.09. The fourth-order valence-corrected chi connectivity index (χ4v) is 2.08. The highest BCUT2D eigenvalue weighted by Gasteiger charge is 2.04. The summed E-state index contributed by atoms with van der Waals surface area (Å²) in [5.74, 6) is 0. The molecule has 1 N–H and O–H groups in total. The largest absolute Gasteiger partial charge is 0.315 e. The molecular weight excluding hydrogens is 212 g/mol. The van der Waals surface area contributed by atoms with E-state index in [0.717, 1.165) is 37.9 Å². The molecule has 3 heteroatoms. The highest BCUT2D eigenvalue weighted by atomic mass is 16.1. The van der Waals surface area contributed by atoms with Crippen molar-refractivity contribution in [1.29, 1.82) is 0 Å². The molecule has 0 aliphatic rings. The van der Waals surface area contributed by atoms with Crippen molar-refractivity contribution in [3.05, 3.63) is 34.2 Å². The predicted octanol–water partition coefficient (Wildman–Crippen LogP) is 2.33. The Morgan fingerprint density at radius 3 is 2.82 bits per heavy atom. The fourth-order valence-electron chi connectivity index (χ4n) is 2.08. The predicted molar refractivity (Wildman–Crippen MR) is 72.4 cm³/mol. The van der Waals surface area contributed by atoms with Gasteiger partial charge >= 0.3 is 0 Å². The van der Waals surface area contributed by atoms with E-state index in [1.165, 1.54) is 0 Å². The van der Waals surface area contributed by atoms with Gasteiger partial charge in [0.15, 0.2) is 0 Å². The molecule has 0 saturated carbocycles. The van der Waals surface area contributed by atoms with Gasteiger partial charge in [-0.15, -0.1) is 0 Å². The van der Waals surface area contributed by atoms with Gasteiger partial charge in [-0.2, -0.15) is 0 Å². The number of hydrogen-bond acceptors (Lipinski definition) is 2. The Morgan fingerprint density at radius 1 is 1.41 bits per heavy atom. The van der Waals surface area contributed by atoms with Crippen LogP contribution in [0.25, 0.3) is 0 Å². The van der Waals surface area contributed by atoms with E-state index < -0.39 is 0 Å². The van der Waals surface area contributed by atoms with Crippen LogP contribution in [-0.4, -0.2) is 17.2 Å². The van der Waals surface area contributed by atoms with E-state index in [0.29, 0.717) is 6.04 Å². The van der Waals surface area contributed by atoms with Gasteiger partial charge in [0.25, 0.3) is 5.56 Å². The van der Waals surface area contributed by atoms with Gasteiger partial charge in [-0.05, 0) is 38.8 Å². The maximum absolute atomic E-state index is 11.8. The zero-order chi connectivity index (χ0) is 12.7. The molecule has 17 heavy (non-hydrogen) atoms. The second-order valence-electron chi connectivity index (χ2n) is 4.49. The van der Waals surface area contributed by atoms with Gasteiger partial charge in [-0.25, -0.2) is 0 Å². The standard InChI is InChI=1S/C14H24N2O/c1-4-13(15-5-2)9-7-11-16-10-6-8-12(3)14(16)17/h6,8,10,13,15H,4-5,7,9,11H2,1-3H3. The van der Waals surface area contributed by atoms with Crippen molar-refractivity contribution in [2.75, 3.05) is 6.54 Å². The number of nitrogens with zero attached hydrogens (tertiary/aromatic N) is 1. The molecule has 3 nitrogen and oxygen atoms in total. The zero-order valence-corrected chi connectivity index (χ0v) is 11.2. The van der Waals surface area contributed by atoms with Crippen LogP contribution in [0.4, 0.5) is 0 Å². The van der Waals surface area contributed by atoms with E-state index in [4.69, 9.17) is 0 Å². The summed E-state index contributed by atoms with van der Waals surface area (Å²) in [4.78, 5) is 11.8. The van der Waals surface area contributed by atoms with Gasteiger partial charge in [-0.3, -0.25) is 4.79 Å². The normalized spacial score (nSPS) is 12.6. The average molecular weight is 236 g/mol. The van der Waals surface area contributed by atoms with E-state index in [1.807, 2.05) is 29.8 Å². The van der Waals surface area contributed by atoms with Crippen LogP contribution in [0.3, 0.4) is 0 Å². The minimum absolute atomic E-state index is 0.143. The van der Waals surface area contributed by atoms with Crippen LogP contribution in [0, 0.1) is 6.92 Å². The molecule has 0 amide bonds. The molecule has 0 saturated heterocycles. The first-order chi connectivity index (χ1) is 8.19. The van der Waals surface area contributed by atoms with Crippen LogP contribution in [-0.2, 0) is 6.54 Å². The second-order valence-corrected chi connectivity index (χ2v) is 4.49. The first-order valence-corrected chi connectivity index (χ1v) is 6.58. The Morgan fingerprint density at radius 2 is 2.18 bits per heavy atom. The van der Waals surface area contributed by atoms with E-state index in [-0.39, 0.29) is 5.56 Å². The lowest BCUT2D eigenvalue weighted by atomic mass is 10.1. The summed E-state index contributed by atoms with van der Waals surface area (Å²) >= 11 is 0. The van der Waals surface area contributed by atoms with Gasteiger partial charge in [0.05, 0.1) is 0 Å². The third-order valence-electron chi connectivity index (χ3n) is 3.15. The summed E-state index contributed by atoms with van der Waals surface area (Å²) in [5, 5.41) is 3.46. The highest BCUT2D eigenvalue weighted by molar-refractivity contribution is 5.07. The molecule has 1 atom stereocenters. The quantitative estimate of drug-likeness (QED) is 0.788. The van der Waals surface area contributed by atoms with Gasteiger partial charge in [0.2, 0.25) is 0 Å². The van der Waals surface area contributed by atoms with E-state index in [9.17, 15) is 4.79 Å². The van der Waals surface area contributed by atoms with Crippen LogP contribution in [0.1, 0.15) is 38.7 Å². The van der Waals surface area contributed by atoms with Gasteiger partial charge in [0, 0.05) is 24.3 Å². The molecule has 0 bridgehead atoms. The minimum Gasteiger partial charge on any atom is -0.315 e. The molecule has 1 aromatic heterocycles. The molecule has 1 rings (SSSR count). The van der Waals surface area contributed by atoms with E-state index in [1.54, 1.807) is 0 Å². The Labute approximate surface area is 104 Å². The van der Waals surface area contributed by atoms with Crippen molar-refractivity contribution < 1.29 is 0 Å². The number of aromatic nitrogens is 1. The first kappa shape index (κ1) is 14.0. The molecule has 1 heterocycles. The molecule has 1 unspecified atom stereocenters. The molecule has 0 aliphatic carbocycles.